The van der Waals surface area contributed by atoms with Crippen LogP contribution in [0.1, 0.15) is 22.3 Å². The summed E-state index contributed by atoms with van der Waals surface area (Å²) in [7, 11) is 0. The molecule has 0 saturated carbocycles. The lowest BCUT2D eigenvalue weighted by Gasteiger charge is -2.05. The molecular formula is C18H9ClF3N. The zero-order chi connectivity index (χ0) is 16.9. The molecule has 2 rings (SSSR count). The predicted molar refractivity (Wildman–Crippen MR) is 83.5 cm³/mol. The van der Waals surface area contributed by atoms with E-state index in [1.807, 2.05) is 6.07 Å². The summed E-state index contributed by atoms with van der Waals surface area (Å²) in [5, 5.41) is 7.52. The second-order valence-electron chi connectivity index (χ2n) is 4.52. The van der Waals surface area contributed by atoms with Crippen LogP contribution in [0.4, 0.5) is 13.2 Å². The van der Waals surface area contributed by atoms with Gasteiger partial charge in [0.1, 0.15) is 5.03 Å². The van der Waals surface area contributed by atoms with E-state index in [2.05, 4.69) is 11.8 Å². The summed E-state index contributed by atoms with van der Waals surface area (Å²) in [6, 6.07) is 15.0. The molecule has 0 unspecified atom stereocenters. The fourth-order valence-electron chi connectivity index (χ4n) is 1.72. The summed E-state index contributed by atoms with van der Waals surface area (Å²) in [6.07, 6.45) is -3.74. The fraction of sp³-hybridized carbons (Fsp3) is 0.0556. The van der Waals surface area contributed by atoms with Gasteiger partial charge in [-0.15, -0.1) is 0 Å². The summed E-state index contributed by atoms with van der Waals surface area (Å²) < 4.78 is 37.6. The molecule has 1 nitrogen and oxygen atoms in total. The fourth-order valence-corrected chi connectivity index (χ4v) is 1.84. The number of benzene rings is 2. The topological polar surface area (TPSA) is 23.8 Å². The van der Waals surface area contributed by atoms with Crippen LogP contribution in [0.2, 0.25) is 0 Å². The lowest BCUT2D eigenvalue weighted by atomic mass is 10.1. The molecule has 0 bridgehead atoms. The summed E-state index contributed by atoms with van der Waals surface area (Å²) in [5.74, 6) is 5.67. The first-order chi connectivity index (χ1) is 10.9. The van der Waals surface area contributed by atoms with Crippen molar-refractivity contribution >= 4 is 17.7 Å². The third-order valence-corrected chi connectivity index (χ3v) is 3.19. The van der Waals surface area contributed by atoms with Crippen molar-refractivity contribution in [3.63, 3.8) is 0 Å². The average molecular weight is 332 g/mol. The molecule has 0 atom stereocenters. The van der Waals surface area contributed by atoms with E-state index >= 15 is 0 Å². The Hall–Kier alpha value is -2.69. The van der Waals surface area contributed by atoms with Gasteiger partial charge in [0.2, 0.25) is 0 Å². The standard InChI is InChI=1S/C18H9ClF3N/c19-17(18(20,21)22)11-16-4-2-1-3-15(16)10-9-13-5-7-14(12-23)8-6-13/h1-8,11H/b17-11-. The van der Waals surface area contributed by atoms with Crippen LogP contribution in [0.15, 0.2) is 53.6 Å². The quantitative estimate of drug-likeness (QED) is 0.667. The zero-order valence-electron chi connectivity index (χ0n) is 11.7. The number of hydrogen-bond donors (Lipinski definition) is 0. The van der Waals surface area contributed by atoms with E-state index in [9.17, 15) is 13.2 Å². The van der Waals surface area contributed by atoms with E-state index in [0.29, 0.717) is 16.7 Å². The van der Waals surface area contributed by atoms with Crippen LogP contribution < -0.4 is 0 Å². The molecule has 114 valence electrons. The minimum atomic E-state index is -4.59. The molecule has 0 amide bonds. The number of nitrogens with zero attached hydrogens (tertiary/aromatic N) is 1. The molecule has 2 aromatic rings. The Bertz CT molecular complexity index is 832. The summed E-state index contributed by atoms with van der Waals surface area (Å²) >= 11 is 5.27. The summed E-state index contributed by atoms with van der Waals surface area (Å²) in [4.78, 5) is 0. The van der Waals surface area contributed by atoms with Gasteiger partial charge in [0.05, 0.1) is 11.6 Å². The van der Waals surface area contributed by atoms with E-state index in [4.69, 9.17) is 16.9 Å². The van der Waals surface area contributed by atoms with Crippen LogP contribution in [0.5, 0.6) is 0 Å². The van der Waals surface area contributed by atoms with Gasteiger partial charge in [-0.1, -0.05) is 41.6 Å². The first kappa shape index (κ1) is 16.7. The van der Waals surface area contributed by atoms with E-state index < -0.39 is 11.2 Å². The lowest BCUT2D eigenvalue weighted by Crippen LogP contribution is -2.06. The van der Waals surface area contributed by atoms with Gasteiger partial charge in [0.15, 0.2) is 0 Å². The molecule has 0 aromatic heterocycles. The van der Waals surface area contributed by atoms with E-state index in [1.165, 1.54) is 6.07 Å². The molecule has 0 aliphatic heterocycles. The SMILES string of the molecule is N#Cc1ccc(C#Cc2ccccc2/C=C(\Cl)C(F)(F)F)cc1. The Kier molecular flexibility index (Phi) is 5.11. The number of alkyl halides is 3. The first-order valence-electron chi connectivity index (χ1n) is 6.46. The van der Waals surface area contributed by atoms with Crippen molar-refractivity contribution in [2.24, 2.45) is 0 Å². The Morgan fingerprint density at radius 2 is 1.57 bits per heavy atom. The second kappa shape index (κ2) is 7.05. The largest absolute Gasteiger partial charge is 0.426 e. The van der Waals surface area contributed by atoms with Gasteiger partial charge in [0, 0.05) is 11.1 Å². The van der Waals surface area contributed by atoms with Gasteiger partial charge in [-0.3, -0.25) is 0 Å². The highest BCUT2D eigenvalue weighted by Crippen LogP contribution is 2.30. The molecule has 0 aliphatic carbocycles. The van der Waals surface area contributed by atoms with Crippen molar-refractivity contribution in [3.8, 4) is 17.9 Å². The molecular weight excluding hydrogens is 323 g/mol. The molecule has 2 aromatic carbocycles. The lowest BCUT2D eigenvalue weighted by molar-refractivity contribution is -0.0836. The van der Waals surface area contributed by atoms with Crippen LogP contribution in [-0.4, -0.2) is 6.18 Å². The van der Waals surface area contributed by atoms with Crippen molar-refractivity contribution in [3.05, 3.63) is 75.8 Å². The number of nitriles is 1. The highest BCUT2D eigenvalue weighted by atomic mass is 35.5. The average Bonchev–Trinajstić information content (AvgIpc) is 2.53. The van der Waals surface area contributed by atoms with Crippen molar-refractivity contribution < 1.29 is 13.2 Å². The van der Waals surface area contributed by atoms with Gasteiger partial charge >= 0.3 is 6.18 Å². The van der Waals surface area contributed by atoms with Crippen LogP contribution in [-0.2, 0) is 0 Å². The van der Waals surface area contributed by atoms with E-state index in [-0.39, 0.29) is 5.56 Å². The number of allylic oxidation sites excluding steroid dienone is 1. The molecule has 23 heavy (non-hydrogen) atoms. The highest BCUT2D eigenvalue weighted by molar-refractivity contribution is 6.32. The van der Waals surface area contributed by atoms with Crippen LogP contribution >= 0.6 is 11.6 Å². The van der Waals surface area contributed by atoms with Crippen molar-refractivity contribution in [1.29, 1.82) is 5.26 Å². The van der Waals surface area contributed by atoms with Crippen LogP contribution in [0.3, 0.4) is 0 Å². The smallest absolute Gasteiger partial charge is 0.192 e. The van der Waals surface area contributed by atoms with Gasteiger partial charge in [-0.05, 0) is 42.0 Å². The third kappa shape index (κ3) is 4.64. The molecule has 0 N–H and O–H groups in total. The number of rotatable bonds is 1. The monoisotopic (exact) mass is 331 g/mol. The minimum Gasteiger partial charge on any atom is -0.192 e. The maximum absolute atomic E-state index is 12.5. The Morgan fingerprint density at radius 3 is 2.17 bits per heavy atom. The number of hydrogen-bond acceptors (Lipinski definition) is 1. The first-order valence-corrected chi connectivity index (χ1v) is 6.83. The Balaban J connectivity index is 2.35. The van der Waals surface area contributed by atoms with Crippen molar-refractivity contribution in [2.45, 2.75) is 6.18 Å². The summed E-state index contributed by atoms with van der Waals surface area (Å²) in [6.45, 7) is 0. The van der Waals surface area contributed by atoms with E-state index in [1.54, 1.807) is 42.5 Å². The molecule has 5 heteroatoms. The number of halogens is 4. The molecule has 0 fully saturated rings. The summed E-state index contributed by atoms with van der Waals surface area (Å²) in [5.41, 5.74) is 1.88. The van der Waals surface area contributed by atoms with Crippen molar-refractivity contribution in [2.75, 3.05) is 0 Å². The predicted octanol–water partition coefficient (Wildman–Crippen LogP) is 5.10. The zero-order valence-corrected chi connectivity index (χ0v) is 12.4. The second-order valence-corrected chi connectivity index (χ2v) is 4.92. The minimum absolute atomic E-state index is 0.288. The Labute approximate surface area is 136 Å². The van der Waals surface area contributed by atoms with E-state index in [0.717, 1.165) is 6.08 Å². The maximum atomic E-state index is 12.5. The normalized spacial score (nSPS) is 11.3. The van der Waals surface area contributed by atoms with Crippen molar-refractivity contribution in [1.82, 2.24) is 0 Å². The van der Waals surface area contributed by atoms with Gasteiger partial charge < -0.3 is 0 Å². The maximum Gasteiger partial charge on any atom is 0.426 e. The molecule has 0 spiro atoms. The molecule has 0 heterocycles. The van der Waals surface area contributed by atoms with Crippen LogP contribution in [0.25, 0.3) is 6.08 Å². The molecule has 0 saturated heterocycles. The van der Waals surface area contributed by atoms with Crippen LogP contribution in [0, 0.1) is 23.2 Å². The molecule has 0 radical (unpaired) electrons. The van der Waals surface area contributed by atoms with Gasteiger partial charge in [0.25, 0.3) is 0 Å². The van der Waals surface area contributed by atoms with Gasteiger partial charge in [-0.2, -0.15) is 18.4 Å². The highest BCUT2D eigenvalue weighted by Gasteiger charge is 2.32. The molecule has 0 aliphatic rings. The Morgan fingerprint density at radius 1 is 0.957 bits per heavy atom. The third-order valence-electron chi connectivity index (χ3n) is 2.87. The van der Waals surface area contributed by atoms with Gasteiger partial charge in [-0.25, -0.2) is 0 Å².